The van der Waals surface area contributed by atoms with Crippen molar-refractivity contribution in [2.24, 2.45) is 0 Å². The molecule has 0 unspecified atom stereocenters. The van der Waals surface area contributed by atoms with E-state index in [9.17, 15) is 0 Å². The summed E-state index contributed by atoms with van der Waals surface area (Å²) in [7, 11) is 0. The van der Waals surface area contributed by atoms with Gasteiger partial charge in [-0.05, 0) is 13.0 Å². The highest BCUT2D eigenvalue weighted by atomic mass is 32.1. The number of hydrogen-bond acceptors (Lipinski definition) is 2. The molecule has 0 amide bonds. The highest BCUT2D eigenvalue weighted by Crippen LogP contribution is 2.34. The minimum Gasteiger partial charge on any atom is -0.313 e. The van der Waals surface area contributed by atoms with Gasteiger partial charge in [-0.2, -0.15) is 0 Å². The summed E-state index contributed by atoms with van der Waals surface area (Å²) in [6.45, 7) is 2.17. The van der Waals surface area contributed by atoms with Crippen molar-refractivity contribution in [2.75, 3.05) is 5.43 Å². The molecular formula is C18H16N2S. The molecule has 0 saturated heterocycles. The topological polar surface area (TPSA) is 17.0 Å². The molecular weight excluding hydrogens is 276 g/mol. The van der Waals surface area contributed by atoms with Gasteiger partial charge in [0.1, 0.15) is 0 Å². The Morgan fingerprint density at radius 3 is 2.48 bits per heavy atom. The van der Waals surface area contributed by atoms with Crippen LogP contribution in [0.3, 0.4) is 0 Å². The van der Waals surface area contributed by atoms with Crippen LogP contribution in [0, 0.1) is 0 Å². The molecule has 4 rings (SSSR count). The highest BCUT2D eigenvalue weighted by molar-refractivity contribution is 7.25. The average molecular weight is 292 g/mol. The summed E-state index contributed by atoms with van der Waals surface area (Å²) in [4.78, 5) is 0. The summed E-state index contributed by atoms with van der Waals surface area (Å²) in [6, 6.07) is 8.57. The van der Waals surface area contributed by atoms with Crippen LogP contribution in [0.5, 0.6) is 0 Å². The predicted molar refractivity (Wildman–Crippen MR) is 92.5 cm³/mol. The molecule has 2 heterocycles. The molecule has 2 nitrogen and oxygen atoms in total. The van der Waals surface area contributed by atoms with Crippen LogP contribution in [-0.2, 0) is 0 Å². The number of nitrogens with one attached hydrogen (secondary N) is 1. The largest absolute Gasteiger partial charge is 0.313 e. The van der Waals surface area contributed by atoms with Crippen LogP contribution in [0.1, 0.15) is 6.92 Å². The highest BCUT2D eigenvalue weighted by Gasteiger charge is 2.18. The van der Waals surface area contributed by atoms with Crippen LogP contribution in [0.2, 0.25) is 0 Å². The molecule has 1 aliphatic rings. The van der Waals surface area contributed by atoms with E-state index < -0.39 is 0 Å². The number of aromatic nitrogens is 1. The molecule has 0 bridgehead atoms. The molecule has 1 N–H and O–H groups in total. The minimum absolute atomic E-state index is 0.180. The fraction of sp³-hybridized carbons (Fsp3) is 0.111. The van der Waals surface area contributed by atoms with Gasteiger partial charge in [0.25, 0.3) is 0 Å². The SMILES string of the molecule is CC1(Nn2cc3sc4ccccc4c3c2)C=CC=CC=C1. The Morgan fingerprint density at radius 1 is 0.905 bits per heavy atom. The Labute approximate surface area is 127 Å². The van der Waals surface area contributed by atoms with Crippen molar-refractivity contribution in [3.8, 4) is 0 Å². The summed E-state index contributed by atoms with van der Waals surface area (Å²) in [5.74, 6) is 0. The molecule has 0 spiro atoms. The smallest absolute Gasteiger partial charge is 0.0870 e. The molecule has 0 atom stereocenters. The molecule has 0 fully saturated rings. The lowest BCUT2D eigenvalue weighted by atomic mass is 10.0. The van der Waals surface area contributed by atoms with Gasteiger partial charge in [0.15, 0.2) is 0 Å². The predicted octanol–water partition coefficient (Wildman–Crippen LogP) is 4.84. The van der Waals surface area contributed by atoms with Gasteiger partial charge >= 0.3 is 0 Å². The molecule has 1 aromatic carbocycles. The van der Waals surface area contributed by atoms with Crippen molar-refractivity contribution in [3.05, 3.63) is 73.1 Å². The second-order valence-electron chi connectivity index (χ2n) is 5.54. The van der Waals surface area contributed by atoms with Crippen molar-refractivity contribution < 1.29 is 0 Å². The van der Waals surface area contributed by atoms with Crippen molar-refractivity contribution in [2.45, 2.75) is 12.5 Å². The Hall–Kier alpha value is -2.26. The maximum absolute atomic E-state index is 3.55. The first kappa shape index (κ1) is 12.5. The number of allylic oxidation sites excluding steroid dienone is 4. The third-order valence-corrected chi connectivity index (χ3v) is 4.90. The van der Waals surface area contributed by atoms with Gasteiger partial charge in [0.2, 0.25) is 0 Å². The van der Waals surface area contributed by atoms with E-state index in [2.05, 4.69) is 78.0 Å². The number of rotatable bonds is 2. The Bertz CT molecular complexity index is 876. The van der Waals surface area contributed by atoms with Gasteiger partial charge in [0.05, 0.1) is 10.2 Å². The first-order valence-electron chi connectivity index (χ1n) is 7.05. The average Bonchev–Trinajstić information content (AvgIpc) is 2.91. The molecule has 0 saturated carbocycles. The number of nitrogens with zero attached hydrogens (tertiary/aromatic N) is 1. The van der Waals surface area contributed by atoms with E-state index in [1.54, 1.807) is 0 Å². The lowest BCUT2D eigenvalue weighted by Crippen LogP contribution is -2.35. The van der Waals surface area contributed by atoms with Crippen molar-refractivity contribution in [3.63, 3.8) is 0 Å². The van der Waals surface area contributed by atoms with E-state index in [4.69, 9.17) is 0 Å². The van der Waals surface area contributed by atoms with Crippen molar-refractivity contribution >= 4 is 31.5 Å². The lowest BCUT2D eigenvalue weighted by Gasteiger charge is -2.25. The Morgan fingerprint density at radius 2 is 1.67 bits per heavy atom. The fourth-order valence-corrected chi connectivity index (χ4v) is 3.84. The maximum Gasteiger partial charge on any atom is 0.0870 e. The van der Waals surface area contributed by atoms with Crippen LogP contribution in [0.15, 0.2) is 73.1 Å². The van der Waals surface area contributed by atoms with Gasteiger partial charge in [-0.25, -0.2) is 0 Å². The van der Waals surface area contributed by atoms with Crippen LogP contribution >= 0.6 is 11.3 Å². The summed E-state index contributed by atoms with van der Waals surface area (Å²) in [5.41, 5.74) is 3.37. The molecule has 3 aromatic rings. The van der Waals surface area contributed by atoms with E-state index in [1.165, 1.54) is 20.2 Å². The molecule has 0 aliphatic heterocycles. The van der Waals surface area contributed by atoms with Crippen LogP contribution in [0.4, 0.5) is 0 Å². The Balaban J connectivity index is 1.74. The zero-order valence-electron chi connectivity index (χ0n) is 11.8. The standard InChI is InChI=1S/C18H16N2S/c1-18(10-6-2-3-7-11-18)19-20-12-15-14-8-4-5-9-16(14)21-17(15)13-20/h2-13,19H,1H3. The van der Waals surface area contributed by atoms with Gasteiger partial charge < -0.3 is 5.43 Å². The van der Waals surface area contributed by atoms with E-state index in [1.807, 2.05) is 23.5 Å². The van der Waals surface area contributed by atoms with E-state index in [0.29, 0.717) is 0 Å². The lowest BCUT2D eigenvalue weighted by molar-refractivity contribution is 0.675. The number of hydrogen-bond donors (Lipinski definition) is 1. The summed E-state index contributed by atoms with van der Waals surface area (Å²) in [5, 5.41) is 2.64. The number of fused-ring (bicyclic) bond motifs is 3. The fourth-order valence-electron chi connectivity index (χ4n) is 2.73. The second kappa shape index (κ2) is 4.64. The number of benzene rings is 1. The zero-order chi connectivity index (χ0) is 14.3. The van der Waals surface area contributed by atoms with Crippen molar-refractivity contribution in [1.82, 2.24) is 4.68 Å². The van der Waals surface area contributed by atoms with Crippen LogP contribution in [0.25, 0.3) is 20.2 Å². The first-order chi connectivity index (χ1) is 10.2. The van der Waals surface area contributed by atoms with Gasteiger partial charge in [-0.3, -0.25) is 4.68 Å². The molecule has 1 aliphatic carbocycles. The number of thiophene rings is 1. The van der Waals surface area contributed by atoms with E-state index >= 15 is 0 Å². The van der Waals surface area contributed by atoms with Gasteiger partial charge in [0, 0.05) is 27.9 Å². The first-order valence-corrected chi connectivity index (χ1v) is 7.86. The zero-order valence-corrected chi connectivity index (χ0v) is 12.6. The summed E-state index contributed by atoms with van der Waals surface area (Å²) >= 11 is 1.84. The molecule has 2 aromatic heterocycles. The third kappa shape index (κ3) is 2.20. The van der Waals surface area contributed by atoms with Crippen LogP contribution in [-0.4, -0.2) is 10.2 Å². The summed E-state index contributed by atoms with van der Waals surface area (Å²) in [6.07, 6.45) is 16.9. The van der Waals surface area contributed by atoms with Gasteiger partial charge in [-0.1, -0.05) is 54.7 Å². The minimum atomic E-state index is -0.180. The molecule has 0 radical (unpaired) electrons. The van der Waals surface area contributed by atoms with Crippen molar-refractivity contribution in [1.29, 1.82) is 0 Å². The van der Waals surface area contributed by atoms with Crippen LogP contribution < -0.4 is 5.43 Å². The molecule has 104 valence electrons. The quantitative estimate of drug-likeness (QED) is 0.715. The van der Waals surface area contributed by atoms with Gasteiger partial charge in [-0.15, -0.1) is 11.3 Å². The monoisotopic (exact) mass is 292 g/mol. The normalized spacial score (nSPS) is 16.6. The second-order valence-corrected chi connectivity index (χ2v) is 6.62. The summed E-state index contributed by atoms with van der Waals surface area (Å²) < 4.78 is 4.74. The maximum atomic E-state index is 3.55. The third-order valence-electron chi connectivity index (χ3n) is 3.78. The van der Waals surface area contributed by atoms with E-state index in [0.717, 1.165) is 0 Å². The molecule has 21 heavy (non-hydrogen) atoms. The Kier molecular flexibility index (Phi) is 2.76. The molecule has 3 heteroatoms. The van der Waals surface area contributed by atoms with E-state index in [-0.39, 0.29) is 5.54 Å².